The highest BCUT2D eigenvalue weighted by molar-refractivity contribution is 7.84. The van der Waals surface area contributed by atoms with Gasteiger partial charge in [-0.1, -0.05) is 37.1 Å². The molecule has 1 aromatic carbocycles. The van der Waals surface area contributed by atoms with Crippen molar-refractivity contribution >= 4 is 10.8 Å². The van der Waals surface area contributed by atoms with E-state index in [9.17, 15) is 4.21 Å². The first-order chi connectivity index (χ1) is 7.81. The molecule has 0 radical (unpaired) electrons. The summed E-state index contributed by atoms with van der Waals surface area (Å²) in [5.74, 6) is 0.679. The van der Waals surface area contributed by atoms with E-state index in [1.807, 2.05) is 18.2 Å². The van der Waals surface area contributed by atoms with Gasteiger partial charge < -0.3 is 5.73 Å². The summed E-state index contributed by atoms with van der Waals surface area (Å²) in [5.41, 5.74) is 7.98. The molecule has 88 valence electrons. The van der Waals surface area contributed by atoms with Gasteiger partial charge in [0, 0.05) is 28.3 Å². The quantitative estimate of drug-likeness (QED) is 0.873. The SMILES string of the molecule is NCc1ccccc1CS(=O)C1CCCC1. The standard InChI is InChI=1S/C13H19NOS/c14-9-11-5-1-2-6-12(11)10-16(15)13-7-3-4-8-13/h1-2,5-6,13H,3-4,7-10,14H2. The number of hydrogen-bond acceptors (Lipinski definition) is 2. The molecule has 2 nitrogen and oxygen atoms in total. The fourth-order valence-corrected chi connectivity index (χ4v) is 4.00. The van der Waals surface area contributed by atoms with Crippen LogP contribution in [0.2, 0.25) is 0 Å². The first-order valence-electron chi connectivity index (χ1n) is 5.95. The second-order valence-electron chi connectivity index (χ2n) is 4.40. The molecule has 0 bridgehead atoms. The summed E-state index contributed by atoms with van der Waals surface area (Å²) in [6.07, 6.45) is 4.76. The van der Waals surface area contributed by atoms with Gasteiger partial charge in [0.2, 0.25) is 0 Å². The Morgan fingerprint density at radius 3 is 2.44 bits per heavy atom. The monoisotopic (exact) mass is 237 g/mol. The smallest absolute Gasteiger partial charge is 0.0491 e. The Bertz CT molecular complexity index is 372. The van der Waals surface area contributed by atoms with Crippen LogP contribution in [0.1, 0.15) is 36.8 Å². The second kappa shape index (κ2) is 5.60. The van der Waals surface area contributed by atoms with Crippen molar-refractivity contribution in [2.75, 3.05) is 0 Å². The van der Waals surface area contributed by atoms with E-state index in [0.29, 0.717) is 17.5 Å². The maximum absolute atomic E-state index is 12.2. The number of hydrogen-bond donors (Lipinski definition) is 1. The van der Waals surface area contributed by atoms with Crippen LogP contribution in [0.3, 0.4) is 0 Å². The van der Waals surface area contributed by atoms with Crippen molar-refractivity contribution in [3.8, 4) is 0 Å². The zero-order chi connectivity index (χ0) is 11.4. The molecular formula is C13H19NOS. The summed E-state index contributed by atoms with van der Waals surface area (Å²) in [6, 6.07) is 8.07. The maximum Gasteiger partial charge on any atom is 0.0491 e. The summed E-state index contributed by atoms with van der Waals surface area (Å²) in [7, 11) is -0.714. The molecule has 1 unspecified atom stereocenters. The van der Waals surface area contributed by atoms with Crippen LogP contribution in [0.25, 0.3) is 0 Å². The first kappa shape index (κ1) is 11.8. The zero-order valence-electron chi connectivity index (χ0n) is 9.52. The lowest BCUT2D eigenvalue weighted by molar-refractivity contribution is 0.668. The van der Waals surface area contributed by atoms with Crippen molar-refractivity contribution in [1.82, 2.24) is 0 Å². The molecule has 1 fully saturated rings. The molecule has 1 atom stereocenters. The highest BCUT2D eigenvalue weighted by Gasteiger charge is 2.21. The van der Waals surface area contributed by atoms with Gasteiger partial charge in [0.05, 0.1) is 0 Å². The highest BCUT2D eigenvalue weighted by atomic mass is 32.2. The lowest BCUT2D eigenvalue weighted by Gasteiger charge is -2.11. The number of benzene rings is 1. The lowest BCUT2D eigenvalue weighted by Crippen LogP contribution is -2.13. The van der Waals surface area contributed by atoms with Crippen molar-refractivity contribution in [1.29, 1.82) is 0 Å². The topological polar surface area (TPSA) is 43.1 Å². The van der Waals surface area contributed by atoms with E-state index in [-0.39, 0.29) is 0 Å². The van der Waals surface area contributed by atoms with E-state index < -0.39 is 10.8 Å². The molecule has 16 heavy (non-hydrogen) atoms. The van der Waals surface area contributed by atoms with Gasteiger partial charge in [-0.15, -0.1) is 0 Å². The molecule has 1 saturated carbocycles. The van der Waals surface area contributed by atoms with Gasteiger partial charge >= 0.3 is 0 Å². The van der Waals surface area contributed by atoms with Gasteiger partial charge in [0.1, 0.15) is 0 Å². The zero-order valence-corrected chi connectivity index (χ0v) is 10.3. The van der Waals surface area contributed by atoms with Crippen LogP contribution in [-0.4, -0.2) is 9.46 Å². The minimum absolute atomic E-state index is 0.422. The predicted molar refractivity (Wildman–Crippen MR) is 68.4 cm³/mol. The minimum atomic E-state index is -0.714. The molecule has 1 aromatic rings. The first-order valence-corrected chi connectivity index (χ1v) is 7.33. The molecule has 2 N–H and O–H groups in total. The van der Waals surface area contributed by atoms with Crippen molar-refractivity contribution in [2.24, 2.45) is 5.73 Å². The van der Waals surface area contributed by atoms with Gasteiger partial charge in [0.25, 0.3) is 0 Å². The Hall–Kier alpha value is -0.670. The Kier molecular flexibility index (Phi) is 4.13. The minimum Gasteiger partial charge on any atom is -0.326 e. The lowest BCUT2D eigenvalue weighted by atomic mass is 10.1. The van der Waals surface area contributed by atoms with E-state index in [2.05, 4.69) is 6.07 Å². The summed E-state index contributed by atoms with van der Waals surface area (Å²) in [6.45, 7) is 0.540. The van der Waals surface area contributed by atoms with Crippen LogP contribution in [0.5, 0.6) is 0 Å². The molecule has 3 heteroatoms. The molecule has 2 rings (SSSR count). The third kappa shape index (κ3) is 2.71. The van der Waals surface area contributed by atoms with Crippen LogP contribution in [-0.2, 0) is 23.1 Å². The molecule has 1 aliphatic rings. The van der Waals surface area contributed by atoms with Crippen molar-refractivity contribution in [2.45, 2.75) is 43.2 Å². The maximum atomic E-state index is 12.2. The van der Waals surface area contributed by atoms with Crippen LogP contribution in [0, 0.1) is 0 Å². The molecule has 0 aromatic heterocycles. The molecule has 0 saturated heterocycles. The Morgan fingerprint density at radius 1 is 1.19 bits per heavy atom. The third-order valence-electron chi connectivity index (χ3n) is 3.31. The summed E-state index contributed by atoms with van der Waals surface area (Å²) < 4.78 is 12.2. The molecular weight excluding hydrogens is 218 g/mol. The van der Waals surface area contributed by atoms with Crippen molar-refractivity contribution in [3.63, 3.8) is 0 Å². The van der Waals surface area contributed by atoms with Crippen LogP contribution >= 0.6 is 0 Å². The van der Waals surface area contributed by atoms with Gasteiger partial charge in [-0.3, -0.25) is 4.21 Å². The number of nitrogens with two attached hydrogens (primary N) is 1. The van der Waals surface area contributed by atoms with E-state index in [4.69, 9.17) is 5.73 Å². The summed E-state index contributed by atoms with van der Waals surface area (Å²) in [4.78, 5) is 0. The molecule has 0 heterocycles. The summed E-state index contributed by atoms with van der Waals surface area (Å²) >= 11 is 0. The van der Waals surface area contributed by atoms with E-state index in [1.165, 1.54) is 12.8 Å². The van der Waals surface area contributed by atoms with Gasteiger partial charge in [0.15, 0.2) is 0 Å². The normalized spacial score (nSPS) is 18.8. The molecule has 0 amide bonds. The molecule has 1 aliphatic carbocycles. The van der Waals surface area contributed by atoms with Crippen LogP contribution in [0.4, 0.5) is 0 Å². The fourth-order valence-electron chi connectivity index (χ4n) is 2.32. The Morgan fingerprint density at radius 2 is 1.81 bits per heavy atom. The fraction of sp³-hybridized carbons (Fsp3) is 0.538. The van der Waals surface area contributed by atoms with E-state index in [0.717, 1.165) is 24.0 Å². The third-order valence-corrected chi connectivity index (χ3v) is 5.12. The average Bonchev–Trinajstić information content (AvgIpc) is 2.83. The van der Waals surface area contributed by atoms with Crippen LogP contribution in [0.15, 0.2) is 24.3 Å². The summed E-state index contributed by atoms with van der Waals surface area (Å²) in [5, 5.41) is 0.422. The van der Waals surface area contributed by atoms with Crippen molar-refractivity contribution < 1.29 is 4.21 Å². The van der Waals surface area contributed by atoms with E-state index in [1.54, 1.807) is 0 Å². The number of rotatable bonds is 4. The second-order valence-corrected chi connectivity index (χ2v) is 6.12. The average molecular weight is 237 g/mol. The van der Waals surface area contributed by atoms with Gasteiger partial charge in [-0.05, 0) is 24.0 Å². The van der Waals surface area contributed by atoms with E-state index >= 15 is 0 Å². The van der Waals surface area contributed by atoms with Gasteiger partial charge in [-0.25, -0.2) is 0 Å². The molecule has 0 aliphatic heterocycles. The van der Waals surface area contributed by atoms with Crippen molar-refractivity contribution in [3.05, 3.63) is 35.4 Å². The Balaban J connectivity index is 2.05. The molecule has 0 spiro atoms. The largest absolute Gasteiger partial charge is 0.326 e. The van der Waals surface area contributed by atoms with Crippen LogP contribution < -0.4 is 5.73 Å². The highest BCUT2D eigenvalue weighted by Crippen LogP contribution is 2.25. The Labute approximate surface area is 99.7 Å². The predicted octanol–water partition coefficient (Wildman–Crippen LogP) is 2.34. The van der Waals surface area contributed by atoms with Gasteiger partial charge in [-0.2, -0.15) is 0 Å².